The molecule has 0 aliphatic rings. The summed E-state index contributed by atoms with van der Waals surface area (Å²) in [6.07, 6.45) is 1.63. The number of carbonyl (C=O) groups excluding carboxylic acids is 1. The molecular formula is C10H12ClNO4S. The lowest BCUT2D eigenvalue weighted by Gasteiger charge is -2.06. The quantitative estimate of drug-likeness (QED) is 0.599. The van der Waals surface area contributed by atoms with Gasteiger partial charge in [0.2, 0.25) is 0 Å². The van der Waals surface area contributed by atoms with Gasteiger partial charge in [0.05, 0.1) is 18.4 Å². The van der Waals surface area contributed by atoms with Crippen molar-refractivity contribution in [3.63, 3.8) is 0 Å². The second-order valence-electron chi connectivity index (χ2n) is 3.21. The topological polar surface area (TPSA) is 73.3 Å². The van der Waals surface area contributed by atoms with Crippen LogP contribution in [0.25, 0.3) is 0 Å². The van der Waals surface area contributed by atoms with Crippen molar-refractivity contribution >= 4 is 27.4 Å². The first kappa shape index (κ1) is 13.9. The van der Waals surface area contributed by atoms with Gasteiger partial charge in [-0.25, -0.2) is 18.2 Å². The van der Waals surface area contributed by atoms with Crippen molar-refractivity contribution in [3.05, 3.63) is 23.9 Å². The second-order valence-corrected chi connectivity index (χ2v) is 5.61. The number of sulfone groups is 1. The van der Waals surface area contributed by atoms with Crippen LogP contribution in [0.5, 0.6) is 0 Å². The number of esters is 1. The van der Waals surface area contributed by atoms with Gasteiger partial charge in [0.15, 0.2) is 14.9 Å². The molecule has 0 spiro atoms. The Kier molecular flexibility index (Phi) is 4.89. The van der Waals surface area contributed by atoms with Crippen LogP contribution in [0.15, 0.2) is 23.4 Å². The highest BCUT2D eigenvalue weighted by atomic mass is 35.5. The molecule has 0 aliphatic heterocycles. The Hall–Kier alpha value is -1.14. The fourth-order valence-corrected chi connectivity index (χ4v) is 2.96. The van der Waals surface area contributed by atoms with Gasteiger partial charge in [-0.3, -0.25) is 0 Å². The van der Waals surface area contributed by atoms with Crippen molar-refractivity contribution < 1.29 is 17.9 Å². The summed E-state index contributed by atoms with van der Waals surface area (Å²) < 4.78 is 28.3. The van der Waals surface area contributed by atoms with Gasteiger partial charge in [0.25, 0.3) is 0 Å². The number of hydrogen-bond donors (Lipinski definition) is 0. The van der Waals surface area contributed by atoms with E-state index in [4.69, 9.17) is 11.6 Å². The van der Waals surface area contributed by atoms with Crippen LogP contribution in [-0.2, 0) is 14.6 Å². The molecular weight excluding hydrogens is 266 g/mol. The summed E-state index contributed by atoms with van der Waals surface area (Å²) in [6, 6.07) is 2.85. The SMILES string of the molecule is COC(=O)c1cccnc1S(=O)(=O)CCCCl. The van der Waals surface area contributed by atoms with Crippen LogP contribution in [0.4, 0.5) is 0 Å². The average Bonchev–Trinajstić information content (AvgIpc) is 2.35. The van der Waals surface area contributed by atoms with Crippen LogP contribution in [0, 0.1) is 0 Å². The molecule has 0 N–H and O–H groups in total. The van der Waals surface area contributed by atoms with Gasteiger partial charge < -0.3 is 4.74 Å². The van der Waals surface area contributed by atoms with E-state index in [0.717, 1.165) is 0 Å². The number of aromatic nitrogens is 1. The van der Waals surface area contributed by atoms with Gasteiger partial charge in [-0.1, -0.05) is 0 Å². The maximum absolute atomic E-state index is 11.9. The number of nitrogens with zero attached hydrogens (tertiary/aromatic N) is 1. The molecule has 7 heteroatoms. The third kappa shape index (κ3) is 3.41. The fourth-order valence-electron chi connectivity index (χ4n) is 1.25. The average molecular weight is 278 g/mol. The Bertz CT molecular complexity index is 501. The lowest BCUT2D eigenvalue weighted by atomic mass is 10.3. The summed E-state index contributed by atoms with van der Waals surface area (Å²) in [5.41, 5.74) is -0.0513. The predicted molar refractivity (Wildman–Crippen MR) is 63.0 cm³/mol. The van der Waals surface area contributed by atoms with E-state index in [-0.39, 0.29) is 22.2 Å². The third-order valence-electron chi connectivity index (χ3n) is 2.02. The van der Waals surface area contributed by atoms with Crippen molar-refractivity contribution in [2.45, 2.75) is 11.4 Å². The van der Waals surface area contributed by atoms with Gasteiger partial charge in [-0.05, 0) is 18.6 Å². The molecule has 1 aromatic rings. The normalized spacial score (nSPS) is 11.2. The Morgan fingerprint density at radius 2 is 2.24 bits per heavy atom. The third-order valence-corrected chi connectivity index (χ3v) is 4.03. The summed E-state index contributed by atoms with van der Waals surface area (Å²) in [4.78, 5) is 15.1. The number of carbonyl (C=O) groups is 1. The lowest BCUT2D eigenvalue weighted by Crippen LogP contribution is -2.15. The Labute approximate surface area is 105 Å². The molecule has 0 saturated carbocycles. The predicted octanol–water partition coefficient (Wildman–Crippen LogP) is 1.27. The molecule has 17 heavy (non-hydrogen) atoms. The van der Waals surface area contributed by atoms with E-state index in [1.807, 2.05) is 0 Å². The summed E-state index contributed by atoms with van der Waals surface area (Å²) in [5.74, 6) is -0.625. The number of methoxy groups -OCH3 is 1. The van der Waals surface area contributed by atoms with E-state index < -0.39 is 15.8 Å². The maximum atomic E-state index is 11.9. The number of hydrogen-bond acceptors (Lipinski definition) is 5. The molecule has 0 amide bonds. The molecule has 0 radical (unpaired) electrons. The van der Waals surface area contributed by atoms with E-state index in [1.165, 1.54) is 25.4 Å². The highest BCUT2D eigenvalue weighted by molar-refractivity contribution is 7.91. The largest absolute Gasteiger partial charge is 0.465 e. The molecule has 0 atom stereocenters. The molecule has 0 bridgehead atoms. The fraction of sp³-hybridized carbons (Fsp3) is 0.400. The van der Waals surface area contributed by atoms with Gasteiger partial charge >= 0.3 is 5.97 Å². The van der Waals surface area contributed by atoms with Crippen LogP contribution >= 0.6 is 11.6 Å². The number of rotatable bonds is 5. The standard InChI is InChI=1S/C10H12ClNO4S/c1-16-10(13)8-4-2-6-12-9(8)17(14,15)7-3-5-11/h2,4,6H,3,5,7H2,1H3. The zero-order valence-electron chi connectivity index (χ0n) is 9.22. The molecule has 0 unspecified atom stereocenters. The van der Waals surface area contributed by atoms with Crippen molar-refractivity contribution in [1.29, 1.82) is 0 Å². The molecule has 0 aliphatic carbocycles. The minimum Gasteiger partial charge on any atom is -0.465 e. The molecule has 1 rings (SSSR count). The van der Waals surface area contributed by atoms with E-state index >= 15 is 0 Å². The first-order chi connectivity index (χ1) is 8.03. The first-order valence-electron chi connectivity index (χ1n) is 4.85. The number of alkyl halides is 1. The van der Waals surface area contributed by atoms with Crippen molar-refractivity contribution in [1.82, 2.24) is 4.98 Å². The molecule has 1 aromatic heterocycles. The zero-order chi connectivity index (χ0) is 12.9. The van der Waals surface area contributed by atoms with Crippen LogP contribution in [-0.4, -0.2) is 38.1 Å². The molecule has 0 saturated heterocycles. The number of halogens is 1. The van der Waals surface area contributed by atoms with Crippen LogP contribution in [0.1, 0.15) is 16.8 Å². The molecule has 5 nitrogen and oxygen atoms in total. The van der Waals surface area contributed by atoms with Crippen molar-refractivity contribution in [2.75, 3.05) is 18.7 Å². The highest BCUT2D eigenvalue weighted by Gasteiger charge is 2.23. The summed E-state index contributed by atoms with van der Waals surface area (Å²) in [7, 11) is -2.42. The van der Waals surface area contributed by atoms with Crippen LogP contribution in [0.2, 0.25) is 0 Å². The van der Waals surface area contributed by atoms with Gasteiger partial charge in [0.1, 0.15) is 0 Å². The number of ether oxygens (including phenoxy) is 1. The lowest BCUT2D eigenvalue weighted by molar-refractivity contribution is 0.0595. The summed E-state index contributed by atoms with van der Waals surface area (Å²) in [5, 5.41) is -0.253. The number of pyridine rings is 1. The molecule has 0 aromatic carbocycles. The smallest absolute Gasteiger partial charge is 0.340 e. The monoisotopic (exact) mass is 277 g/mol. The van der Waals surface area contributed by atoms with Crippen molar-refractivity contribution in [2.24, 2.45) is 0 Å². The summed E-state index contributed by atoms with van der Waals surface area (Å²) in [6.45, 7) is 0. The van der Waals surface area contributed by atoms with Crippen LogP contribution in [0.3, 0.4) is 0 Å². The van der Waals surface area contributed by atoms with Crippen molar-refractivity contribution in [3.8, 4) is 0 Å². The van der Waals surface area contributed by atoms with Gasteiger partial charge in [-0.15, -0.1) is 11.6 Å². The van der Waals surface area contributed by atoms with E-state index in [1.54, 1.807) is 0 Å². The zero-order valence-corrected chi connectivity index (χ0v) is 10.8. The minimum absolute atomic E-state index is 0.0513. The van der Waals surface area contributed by atoms with E-state index in [9.17, 15) is 13.2 Å². The molecule has 94 valence electrons. The van der Waals surface area contributed by atoms with Gasteiger partial charge in [-0.2, -0.15) is 0 Å². The maximum Gasteiger partial charge on any atom is 0.340 e. The van der Waals surface area contributed by atoms with Gasteiger partial charge in [0, 0.05) is 12.1 Å². The second kappa shape index (κ2) is 5.97. The highest BCUT2D eigenvalue weighted by Crippen LogP contribution is 2.15. The first-order valence-corrected chi connectivity index (χ1v) is 7.03. The Balaban J connectivity index is 3.17. The Morgan fingerprint density at radius 3 is 2.82 bits per heavy atom. The molecule has 1 heterocycles. The Morgan fingerprint density at radius 1 is 1.53 bits per heavy atom. The van der Waals surface area contributed by atoms with E-state index in [2.05, 4.69) is 9.72 Å². The minimum atomic E-state index is -3.60. The van der Waals surface area contributed by atoms with E-state index in [0.29, 0.717) is 6.42 Å². The summed E-state index contributed by atoms with van der Waals surface area (Å²) >= 11 is 5.45. The van der Waals surface area contributed by atoms with Crippen LogP contribution < -0.4 is 0 Å². The molecule has 0 fully saturated rings.